The molecule has 0 aliphatic rings. The minimum absolute atomic E-state index is 0.0440. The number of nitrogens with one attached hydrogen (secondary N) is 2. The third kappa shape index (κ3) is 4.00. The number of hydrogen-bond donors (Lipinski definition) is 3. The predicted molar refractivity (Wildman–Crippen MR) is 95.7 cm³/mol. The standard InChI is InChI=1S/C17H16N6O4/c1-22-8-7-13(20-22)16(25)19-11-5-3-10(4-6-11)18-15(24)12-9-23(2)21-14(12)17(26)27/h3-9H,1-2H3,(H,18,24)(H,19,25)(H,26,27). The van der Waals surface area contributed by atoms with Crippen molar-refractivity contribution < 1.29 is 19.5 Å². The van der Waals surface area contributed by atoms with Gasteiger partial charge in [0.05, 0.1) is 5.56 Å². The van der Waals surface area contributed by atoms with Crippen LogP contribution < -0.4 is 10.6 Å². The molecular formula is C17H16N6O4. The van der Waals surface area contributed by atoms with Crippen LogP contribution in [-0.4, -0.2) is 42.5 Å². The molecule has 1 aromatic carbocycles. The zero-order chi connectivity index (χ0) is 19.6. The van der Waals surface area contributed by atoms with Crippen molar-refractivity contribution in [2.75, 3.05) is 10.6 Å². The van der Waals surface area contributed by atoms with E-state index in [0.717, 1.165) is 0 Å². The van der Waals surface area contributed by atoms with Gasteiger partial charge in [0.15, 0.2) is 11.4 Å². The van der Waals surface area contributed by atoms with E-state index in [0.29, 0.717) is 11.4 Å². The summed E-state index contributed by atoms with van der Waals surface area (Å²) in [7, 11) is 3.24. The van der Waals surface area contributed by atoms with Gasteiger partial charge in [-0.25, -0.2) is 4.79 Å². The lowest BCUT2D eigenvalue weighted by molar-refractivity contribution is 0.0685. The van der Waals surface area contributed by atoms with Gasteiger partial charge in [-0.2, -0.15) is 10.2 Å². The smallest absolute Gasteiger partial charge is 0.357 e. The largest absolute Gasteiger partial charge is 0.476 e. The van der Waals surface area contributed by atoms with E-state index in [2.05, 4.69) is 20.8 Å². The first-order valence-corrected chi connectivity index (χ1v) is 7.83. The van der Waals surface area contributed by atoms with Crippen molar-refractivity contribution in [3.63, 3.8) is 0 Å². The third-order valence-corrected chi connectivity index (χ3v) is 3.62. The molecule has 3 rings (SSSR count). The minimum Gasteiger partial charge on any atom is -0.476 e. The molecule has 27 heavy (non-hydrogen) atoms. The molecular weight excluding hydrogens is 352 g/mol. The van der Waals surface area contributed by atoms with E-state index in [4.69, 9.17) is 5.11 Å². The van der Waals surface area contributed by atoms with Gasteiger partial charge in [-0.05, 0) is 30.3 Å². The number of aromatic nitrogens is 4. The van der Waals surface area contributed by atoms with Gasteiger partial charge in [0, 0.05) is 37.9 Å². The Hall–Kier alpha value is -3.95. The highest BCUT2D eigenvalue weighted by atomic mass is 16.4. The number of carbonyl (C=O) groups is 3. The molecule has 0 aliphatic heterocycles. The molecule has 0 radical (unpaired) electrons. The van der Waals surface area contributed by atoms with Gasteiger partial charge in [0.2, 0.25) is 0 Å². The zero-order valence-electron chi connectivity index (χ0n) is 14.5. The summed E-state index contributed by atoms with van der Waals surface area (Å²) in [6, 6.07) is 7.99. The first-order chi connectivity index (χ1) is 12.8. The molecule has 3 N–H and O–H groups in total. The lowest BCUT2D eigenvalue weighted by Crippen LogP contribution is -2.15. The quantitative estimate of drug-likeness (QED) is 0.623. The fraction of sp³-hybridized carbons (Fsp3) is 0.118. The molecule has 2 amide bonds. The molecule has 0 fully saturated rings. The van der Waals surface area contributed by atoms with E-state index >= 15 is 0 Å². The predicted octanol–water partition coefficient (Wildman–Crippen LogP) is 1.36. The van der Waals surface area contributed by atoms with Crippen LogP contribution in [0, 0.1) is 0 Å². The number of nitrogens with zero attached hydrogens (tertiary/aromatic N) is 4. The van der Waals surface area contributed by atoms with Gasteiger partial charge in [-0.1, -0.05) is 0 Å². The summed E-state index contributed by atoms with van der Waals surface area (Å²) in [6.45, 7) is 0. The second-order valence-electron chi connectivity index (χ2n) is 5.73. The monoisotopic (exact) mass is 368 g/mol. The number of anilines is 2. The lowest BCUT2D eigenvalue weighted by Gasteiger charge is -2.07. The molecule has 3 aromatic rings. The number of rotatable bonds is 5. The lowest BCUT2D eigenvalue weighted by atomic mass is 10.2. The highest BCUT2D eigenvalue weighted by Crippen LogP contribution is 2.16. The Morgan fingerprint density at radius 2 is 1.48 bits per heavy atom. The van der Waals surface area contributed by atoms with Crippen LogP contribution in [0.25, 0.3) is 0 Å². The van der Waals surface area contributed by atoms with E-state index in [-0.39, 0.29) is 22.9 Å². The van der Waals surface area contributed by atoms with Crippen molar-refractivity contribution in [1.29, 1.82) is 0 Å². The molecule has 0 saturated heterocycles. The molecule has 0 aliphatic carbocycles. The number of carboxylic acids is 1. The van der Waals surface area contributed by atoms with Gasteiger partial charge < -0.3 is 15.7 Å². The SMILES string of the molecule is Cn1ccc(C(=O)Nc2ccc(NC(=O)c3cn(C)nc3C(=O)O)cc2)n1. The number of hydrogen-bond acceptors (Lipinski definition) is 5. The van der Waals surface area contributed by atoms with E-state index < -0.39 is 11.9 Å². The molecule has 10 nitrogen and oxygen atoms in total. The van der Waals surface area contributed by atoms with Crippen LogP contribution in [0.5, 0.6) is 0 Å². The fourth-order valence-corrected chi connectivity index (χ4v) is 2.38. The molecule has 10 heteroatoms. The zero-order valence-corrected chi connectivity index (χ0v) is 14.5. The number of aromatic carboxylic acids is 1. The average molecular weight is 368 g/mol. The van der Waals surface area contributed by atoms with E-state index in [1.165, 1.54) is 22.6 Å². The van der Waals surface area contributed by atoms with Crippen LogP contribution in [0.15, 0.2) is 42.7 Å². The first kappa shape index (κ1) is 17.9. The van der Waals surface area contributed by atoms with E-state index in [1.54, 1.807) is 43.6 Å². The summed E-state index contributed by atoms with van der Waals surface area (Å²) in [4.78, 5) is 35.5. The van der Waals surface area contributed by atoms with Crippen LogP contribution in [0.3, 0.4) is 0 Å². The van der Waals surface area contributed by atoms with Crippen molar-refractivity contribution in [1.82, 2.24) is 19.6 Å². The second kappa shape index (κ2) is 7.12. The number of benzene rings is 1. The maximum absolute atomic E-state index is 12.3. The average Bonchev–Trinajstić information content (AvgIpc) is 3.22. The van der Waals surface area contributed by atoms with Crippen LogP contribution >= 0.6 is 0 Å². The highest BCUT2D eigenvalue weighted by molar-refractivity contribution is 6.10. The van der Waals surface area contributed by atoms with Gasteiger partial charge >= 0.3 is 5.97 Å². The Bertz CT molecular complexity index is 1020. The maximum Gasteiger partial charge on any atom is 0.357 e. The summed E-state index contributed by atoms with van der Waals surface area (Å²) < 4.78 is 2.78. The second-order valence-corrected chi connectivity index (χ2v) is 5.73. The Kier molecular flexibility index (Phi) is 4.71. The number of aryl methyl sites for hydroxylation is 2. The summed E-state index contributed by atoms with van der Waals surface area (Å²) in [5, 5.41) is 22.2. The van der Waals surface area contributed by atoms with Crippen molar-refractivity contribution in [2.45, 2.75) is 0 Å². The van der Waals surface area contributed by atoms with Gasteiger partial charge in [-0.15, -0.1) is 0 Å². The molecule has 0 saturated carbocycles. The molecule has 2 heterocycles. The molecule has 2 aromatic heterocycles. The normalized spacial score (nSPS) is 10.4. The Morgan fingerprint density at radius 1 is 0.889 bits per heavy atom. The summed E-state index contributed by atoms with van der Waals surface area (Å²) in [5.74, 6) is -2.23. The minimum atomic E-state index is -1.28. The van der Waals surface area contributed by atoms with Crippen LogP contribution in [0.4, 0.5) is 11.4 Å². The topological polar surface area (TPSA) is 131 Å². The summed E-state index contributed by atoms with van der Waals surface area (Å²) in [5.41, 5.74) is 0.881. The summed E-state index contributed by atoms with van der Waals surface area (Å²) >= 11 is 0. The Labute approximate surface area is 153 Å². The molecule has 0 unspecified atom stereocenters. The van der Waals surface area contributed by atoms with Crippen molar-refractivity contribution in [3.8, 4) is 0 Å². The Balaban J connectivity index is 1.68. The third-order valence-electron chi connectivity index (χ3n) is 3.62. The molecule has 0 bridgehead atoms. The fourth-order valence-electron chi connectivity index (χ4n) is 2.38. The van der Waals surface area contributed by atoms with Gasteiger partial charge in [0.25, 0.3) is 11.8 Å². The first-order valence-electron chi connectivity index (χ1n) is 7.83. The maximum atomic E-state index is 12.3. The van der Waals surface area contributed by atoms with Gasteiger partial charge in [0.1, 0.15) is 0 Å². The van der Waals surface area contributed by atoms with E-state index in [9.17, 15) is 14.4 Å². The van der Waals surface area contributed by atoms with Gasteiger partial charge in [-0.3, -0.25) is 19.0 Å². The van der Waals surface area contributed by atoms with Crippen molar-refractivity contribution in [3.05, 3.63) is 59.7 Å². The Morgan fingerprint density at radius 3 is 2.00 bits per heavy atom. The van der Waals surface area contributed by atoms with Crippen molar-refractivity contribution in [2.24, 2.45) is 14.1 Å². The van der Waals surface area contributed by atoms with E-state index in [1.807, 2.05) is 0 Å². The summed E-state index contributed by atoms with van der Waals surface area (Å²) in [6.07, 6.45) is 3.00. The number of carbonyl (C=O) groups excluding carboxylic acids is 2. The number of carboxylic acid groups (broad SMARTS) is 1. The van der Waals surface area contributed by atoms with Crippen LogP contribution in [-0.2, 0) is 14.1 Å². The highest BCUT2D eigenvalue weighted by Gasteiger charge is 2.21. The molecule has 0 atom stereocenters. The van der Waals surface area contributed by atoms with Crippen LogP contribution in [0.2, 0.25) is 0 Å². The molecule has 138 valence electrons. The molecule has 0 spiro atoms. The van der Waals surface area contributed by atoms with Crippen molar-refractivity contribution >= 4 is 29.2 Å². The number of amides is 2. The van der Waals surface area contributed by atoms with Crippen LogP contribution in [0.1, 0.15) is 31.3 Å².